The average molecular weight is 387 g/mol. The van der Waals surface area contributed by atoms with Gasteiger partial charge in [-0.25, -0.2) is 4.79 Å². The third-order valence-electron chi connectivity index (χ3n) is 6.15. The number of primary amides is 1. The highest BCUT2D eigenvalue weighted by Gasteiger charge is 2.32. The first-order chi connectivity index (χ1) is 13.6. The number of nitrogens with one attached hydrogen (secondary N) is 1. The van der Waals surface area contributed by atoms with Crippen molar-refractivity contribution < 1.29 is 9.59 Å². The van der Waals surface area contributed by atoms with Crippen LogP contribution >= 0.6 is 0 Å². The molecule has 0 radical (unpaired) electrons. The highest BCUT2D eigenvalue weighted by molar-refractivity contribution is 5.77. The van der Waals surface area contributed by atoms with Crippen molar-refractivity contribution >= 4 is 11.9 Å². The fourth-order valence-corrected chi connectivity index (χ4v) is 4.69. The lowest BCUT2D eigenvalue weighted by atomic mass is 9.82. The van der Waals surface area contributed by atoms with Crippen molar-refractivity contribution in [3.63, 3.8) is 0 Å². The Labute approximate surface area is 168 Å². The van der Waals surface area contributed by atoms with Gasteiger partial charge in [-0.15, -0.1) is 0 Å². The number of amides is 3. The van der Waals surface area contributed by atoms with Crippen LogP contribution in [0.15, 0.2) is 30.3 Å². The van der Waals surface area contributed by atoms with Crippen LogP contribution in [0.5, 0.6) is 0 Å². The van der Waals surface area contributed by atoms with Crippen molar-refractivity contribution in [3.8, 4) is 0 Å². The van der Waals surface area contributed by atoms with Gasteiger partial charge in [0.1, 0.15) is 0 Å². The van der Waals surface area contributed by atoms with Gasteiger partial charge in [0.2, 0.25) is 5.91 Å². The number of benzene rings is 1. The van der Waals surface area contributed by atoms with E-state index in [9.17, 15) is 9.59 Å². The summed E-state index contributed by atoms with van der Waals surface area (Å²) in [7, 11) is 0. The molecule has 2 saturated heterocycles. The Balaban J connectivity index is 1.50. The van der Waals surface area contributed by atoms with Crippen molar-refractivity contribution in [3.05, 3.63) is 35.9 Å². The Morgan fingerprint density at radius 3 is 2.68 bits per heavy atom. The third kappa shape index (κ3) is 5.96. The largest absolute Gasteiger partial charge is 0.370 e. The van der Waals surface area contributed by atoms with E-state index in [0.29, 0.717) is 31.6 Å². The van der Waals surface area contributed by atoms with Gasteiger partial charge in [-0.2, -0.15) is 0 Å². The van der Waals surface area contributed by atoms with Crippen LogP contribution in [0.25, 0.3) is 0 Å². The number of rotatable bonds is 8. The Bertz CT molecular complexity index is 635. The summed E-state index contributed by atoms with van der Waals surface area (Å²) in [4.78, 5) is 28.3. The molecular formula is C22H34N4O2. The van der Waals surface area contributed by atoms with Crippen molar-refractivity contribution in [2.24, 2.45) is 11.7 Å². The monoisotopic (exact) mass is 386 g/mol. The van der Waals surface area contributed by atoms with E-state index < -0.39 is 0 Å². The van der Waals surface area contributed by atoms with Crippen LogP contribution in [-0.2, 0) is 11.3 Å². The van der Waals surface area contributed by atoms with Crippen LogP contribution in [0.1, 0.15) is 50.5 Å². The normalized spacial score (nSPS) is 22.3. The van der Waals surface area contributed by atoms with Gasteiger partial charge in [-0.05, 0) is 56.7 Å². The fourth-order valence-electron chi connectivity index (χ4n) is 4.69. The van der Waals surface area contributed by atoms with Gasteiger partial charge in [0, 0.05) is 32.1 Å². The minimum atomic E-state index is -0.384. The molecule has 3 N–H and O–H groups in total. The zero-order chi connectivity index (χ0) is 19.8. The molecule has 2 fully saturated rings. The van der Waals surface area contributed by atoms with E-state index in [2.05, 4.69) is 10.2 Å². The Morgan fingerprint density at radius 1 is 1.11 bits per heavy atom. The van der Waals surface area contributed by atoms with Crippen LogP contribution in [0, 0.1) is 5.92 Å². The number of carbonyl (C=O) groups excluding carboxylic acids is 2. The van der Waals surface area contributed by atoms with Gasteiger partial charge >= 0.3 is 6.03 Å². The summed E-state index contributed by atoms with van der Waals surface area (Å²) in [5.41, 5.74) is 6.34. The van der Waals surface area contributed by atoms with Gasteiger partial charge in [-0.1, -0.05) is 36.8 Å². The number of piperidine rings is 2. The van der Waals surface area contributed by atoms with E-state index in [4.69, 9.17) is 5.73 Å². The average Bonchev–Trinajstić information content (AvgIpc) is 2.72. The van der Waals surface area contributed by atoms with E-state index in [-0.39, 0.29) is 18.4 Å². The smallest absolute Gasteiger partial charge is 0.317 e. The zero-order valence-electron chi connectivity index (χ0n) is 16.8. The van der Waals surface area contributed by atoms with Crippen LogP contribution in [0.4, 0.5) is 4.79 Å². The van der Waals surface area contributed by atoms with Crippen LogP contribution < -0.4 is 11.1 Å². The molecule has 1 unspecified atom stereocenters. The molecule has 0 saturated carbocycles. The second-order valence-electron chi connectivity index (χ2n) is 8.15. The summed E-state index contributed by atoms with van der Waals surface area (Å²) < 4.78 is 0. The third-order valence-corrected chi connectivity index (χ3v) is 6.15. The fraction of sp³-hybridized carbons (Fsp3) is 0.636. The molecule has 28 heavy (non-hydrogen) atoms. The first-order valence-electron chi connectivity index (χ1n) is 10.7. The molecule has 2 atom stereocenters. The maximum absolute atomic E-state index is 12.7. The number of fused-ring (bicyclic) bond motifs is 1. The molecule has 6 nitrogen and oxygen atoms in total. The van der Waals surface area contributed by atoms with Crippen molar-refractivity contribution in [1.82, 2.24) is 15.1 Å². The maximum Gasteiger partial charge on any atom is 0.317 e. The van der Waals surface area contributed by atoms with E-state index in [1.165, 1.54) is 45.2 Å². The summed E-state index contributed by atoms with van der Waals surface area (Å²) in [6.45, 7) is 4.00. The number of hydrogen-bond acceptors (Lipinski definition) is 3. The van der Waals surface area contributed by atoms with E-state index in [0.717, 1.165) is 12.0 Å². The number of nitrogens with two attached hydrogens (primary N) is 1. The quantitative estimate of drug-likeness (QED) is 0.721. The lowest BCUT2D eigenvalue weighted by Crippen LogP contribution is -2.49. The molecule has 3 amide bonds. The molecule has 1 aromatic carbocycles. The summed E-state index contributed by atoms with van der Waals surface area (Å²) in [6.07, 6.45) is 7.72. The van der Waals surface area contributed by atoms with E-state index in [1.54, 1.807) is 4.90 Å². The molecule has 2 aliphatic rings. The molecule has 0 aromatic heterocycles. The summed E-state index contributed by atoms with van der Waals surface area (Å²) in [5, 5.41) is 3.09. The van der Waals surface area contributed by atoms with Crippen molar-refractivity contribution in [1.29, 1.82) is 0 Å². The van der Waals surface area contributed by atoms with E-state index in [1.807, 2.05) is 30.3 Å². The molecule has 0 bridgehead atoms. The predicted molar refractivity (Wildman–Crippen MR) is 111 cm³/mol. The zero-order valence-corrected chi connectivity index (χ0v) is 16.8. The predicted octanol–water partition coefficient (Wildman–Crippen LogP) is 2.73. The number of carbonyl (C=O) groups is 2. The maximum atomic E-state index is 12.7. The van der Waals surface area contributed by atoms with Gasteiger partial charge in [0.05, 0.1) is 0 Å². The second kappa shape index (κ2) is 10.5. The van der Waals surface area contributed by atoms with Crippen LogP contribution in [0.2, 0.25) is 0 Å². The molecule has 3 rings (SSSR count). The minimum Gasteiger partial charge on any atom is -0.370 e. The number of nitrogens with zero attached hydrogens (tertiary/aromatic N) is 2. The summed E-state index contributed by atoms with van der Waals surface area (Å²) in [6, 6.07) is 10.4. The minimum absolute atomic E-state index is 0.110. The summed E-state index contributed by atoms with van der Waals surface area (Å²) in [5.74, 6) is 0.299. The molecular weight excluding hydrogens is 352 g/mol. The molecule has 6 heteroatoms. The highest BCUT2D eigenvalue weighted by Crippen LogP contribution is 2.32. The molecule has 154 valence electrons. The molecule has 2 aliphatic heterocycles. The Morgan fingerprint density at radius 2 is 1.89 bits per heavy atom. The van der Waals surface area contributed by atoms with Crippen LogP contribution in [-0.4, -0.2) is 54.0 Å². The van der Waals surface area contributed by atoms with Gasteiger partial charge in [-0.3, -0.25) is 4.79 Å². The first-order valence-corrected chi connectivity index (χ1v) is 10.7. The van der Waals surface area contributed by atoms with Crippen molar-refractivity contribution in [2.75, 3.05) is 26.2 Å². The molecule has 1 aromatic rings. The van der Waals surface area contributed by atoms with Crippen molar-refractivity contribution in [2.45, 2.75) is 57.5 Å². The van der Waals surface area contributed by atoms with Gasteiger partial charge < -0.3 is 20.9 Å². The molecule has 0 aliphatic carbocycles. The standard InChI is InChI=1S/C22H34N4O2/c23-21(27)12-16-26(17-18-7-2-1-3-8-18)22(28)24-13-11-19-9-6-15-25-14-5-4-10-20(19)25/h1-3,7-8,19-20H,4-6,9-17H2,(H2,23,27)(H,24,28)/t19?,20-/m0/s1. The number of hydrogen-bond donors (Lipinski definition) is 2. The van der Waals surface area contributed by atoms with E-state index >= 15 is 0 Å². The molecule has 2 heterocycles. The highest BCUT2D eigenvalue weighted by atomic mass is 16.2. The Hall–Kier alpha value is -2.08. The number of urea groups is 1. The van der Waals surface area contributed by atoms with Gasteiger partial charge in [0.15, 0.2) is 0 Å². The molecule has 0 spiro atoms. The summed E-state index contributed by atoms with van der Waals surface area (Å²) >= 11 is 0. The van der Waals surface area contributed by atoms with Gasteiger partial charge in [0.25, 0.3) is 0 Å². The lowest BCUT2D eigenvalue weighted by Gasteiger charge is -2.44. The lowest BCUT2D eigenvalue weighted by molar-refractivity contribution is -0.118. The Kier molecular flexibility index (Phi) is 7.71. The second-order valence-corrected chi connectivity index (χ2v) is 8.15. The van der Waals surface area contributed by atoms with Crippen LogP contribution in [0.3, 0.4) is 0 Å². The first kappa shape index (κ1) is 20.6. The SMILES string of the molecule is NC(=O)CCN(Cc1ccccc1)C(=O)NCCC1CCCN2CCCC[C@@H]12. The topological polar surface area (TPSA) is 78.7 Å².